The molecule has 0 aliphatic rings. The summed E-state index contributed by atoms with van der Waals surface area (Å²) >= 11 is 1.74. The van der Waals surface area contributed by atoms with Crippen molar-refractivity contribution in [2.75, 3.05) is 7.11 Å². The van der Waals surface area contributed by atoms with Gasteiger partial charge < -0.3 is 9.15 Å². The summed E-state index contributed by atoms with van der Waals surface area (Å²) in [6, 6.07) is 7.04. The van der Waals surface area contributed by atoms with E-state index in [1.807, 2.05) is 26.0 Å². The van der Waals surface area contributed by atoms with Gasteiger partial charge >= 0.3 is 5.97 Å². The minimum absolute atomic E-state index is 0.353. The molecule has 5 heteroatoms. The molecule has 2 rings (SSSR count). The van der Waals surface area contributed by atoms with E-state index in [2.05, 4.69) is 22.7 Å². The Bertz CT molecular complexity index is 686. The third kappa shape index (κ3) is 3.80. The average Bonchev–Trinajstić information content (AvgIpc) is 2.93. The van der Waals surface area contributed by atoms with Crippen molar-refractivity contribution in [2.24, 2.45) is 0 Å². The van der Waals surface area contributed by atoms with Gasteiger partial charge in [0.05, 0.1) is 18.4 Å². The van der Waals surface area contributed by atoms with E-state index in [0.29, 0.717) is 11.5 Å². The minimum atomic E-state index is -0.353. The highest BCUT2D eigenvalue weighted by Crippen LogP contribution is 2.27. The molecule has 1 aromatic heterocycles. The number of methoxy groups -OCH3 is 1. The number of aromatic nitrogens is 1. The fourth-order valence-corrected chi connectivity index (χ4v) is 2.62. The van der Waals surface area contributed by atoms with Gasteiger partial charge in [0.25, 0.3) is 0 Å². The number of rotatable bonds is 5. The Labute approximate surface area is 134 Å². The lowest BCUT2D eigenvalue weighted by Crippen LogP contribution is -2.00. The predicted octanol–water partition coefficient (Wildman–Crippen LogP) is 4.59. The lowest BCUT2D eigenvalue weighted by atomic mass is 10.1. The van der Waals surface area contributed by atoms with Crippen molar-refractivity contribution in [3.8, 4) is 11.5 Å². The van der Waals surface area contributed by atoms with Crippen LogP contribution in [-0.4, -0.2) is 18.1 Å². The van der Waals surface area contributed by atoms with Crippen LogP contribution in [0.3, 0.4) is 0 Å². The molecule has 0 radical (unpaired) electrons. The summed E-state index contributed by atoms with van der Waals surface area (Å²) in [6.45, 7) is 6.01. The van der Waals surface area contributed by atoms with Crippen LogP contribution in [0, 0.1) is 6.92 Å². The highest BCUT2D eigenvalue weighted by atomic mass is 32.2. The van der Waals surface area contributed by atoms with E-state index >= 15 is 0 Å². The second-order valence-electron chi connectivity index (χ2n) is 4.78. The van der Waals surface area contributed by atoms with Crippen LogP contribution in [0.1, 0.15) is 35.7 Å². The van der Waals surface area contributed by atoms with E-state index in [-0.39, 0.29) is 5.97 Å². The first-order valence-electron chi connectivity index (χ1n) is 6.96. The molecule has 0 bridgehead atoms. The van der Waals surface area contributed by atoms with Gasteiger partial charge in [0.1, 0.15) is 5.76 Å². The highest BCUT2D eigenvalue weighted by Gasteiger charge is 2.12. The van der Waals surface area contributed by atoms with Crippen molar-refractivity contribution < 1.29 is 13.9 Å². The molecule has 1 heterocycles. The molecule has 4 nitrogen and oxygen atoms in total. The number of oxazole rings is 1. The van der Waals surface area contributed by atoms with E-state index in [4.69, 9.17) is 4.42 Å². The van der Waals surface area contributed by atoms with Crippen molar-refractivity contribution >= 4 is 17.7 Å². The number of allylic oxidation sites excluding steroid dienone is 2. The van der Waals surface area contributed by atoms with E-state index < -0.39 is 0 Å². The standard InChI is InChI=1S/C17H19NO3S/c1-5-11(2)22-10-15-12(3)21-16(18-15)13-6-8-14(9-7-13)17(19)20-4/h5-9H,10H2,1-4H3. The molecule has 0 aliphatic heterocycles. The summed E-state index contributed by atoms with van der Waals surface area (Å²) in [5.74, 6) is 1.83. The summed E-state index contributed by atoms with van der Waals surface area (Å²) in [5.41, 5.74) is 2.29. The van der Waals surface area contributed by atoms with Crippen molar-refractivity contribution in [1.29, 1.82) is 0 Å². The number of carbonyl (C=O) groups excluding carboxylic acids is 1. The molecular weight excluding hydrogens is 298 g/mol. The predicted molar refractivity (Wildman–Crippen MR) is 88.7 cm³/mol. The van der Waals surface area contributed by atoms with E-state index in [0.717, 1.165) is 22.8 Å². The van der Waals surface area contributed by atoms with Crippen LogP contribution >= 0.6 is 11.8 Å². The summed E-state index contributed by atoms with van der Waals surface area (Å²) in [6.07, 6.45) is 2.08. The van der Waals surface area contributed by atoms with Gasteiger partial charge in [0.2, 0.25) is 5.89 Å². The molecule has 0 aliphatic carbocycles. The third-order valence-electron chi connectivity index (χ3n) is 3.29. The summed E-state index contributed by atoms with van der Waals surface area (Å²) in [7, 11) is 1.37. The maximum Gasteiger partial charge on any atom is 0.337 e. The number of esters is 1. The zero-order chi connectivity index (χ0) is 16.1. The van der Waals surface area contributed by atoms with Crippen LogP contribution in [0.2, 0.25) is 0 Å². The maximum atomic E-state index is 11.4. The van der Waals surface area contributed by atoms with Gasteiger partial charge in [-0.2, -0.15) is 0 Å². The third-order valence-corrected chi connectivity index (χ3v) is 4.40. The monoisotopic (exact) mass is 317 g/mol. The Kier molecular flexibility index (Phi) is 5.44. The second kappa shape index (κ2) is 7.31. The highest BCUT2D eigenvalue weighted by molar-refractivity contribution is 8.02. The molecule has 22 heavy (non-hydrogen) atoms. The van der Waals surface area contributed by atoms with Crippen LogP contribution in [0.15, 0.2) is 39.7 Å². The molecule has 0 N–H and O–H groups in total. The molecule has 0 saturated heterocycles. The molecule has 116 valence electrons. The molecule has 2 aromatic rings. The van der Waals surface area contributed by atoms with Gasteiger partial charge in [-0.1, -0.05) is 6.08 Å². The summed E-state index contributed by atoms with van der Waals surface area (Å²) < 4.78 is 10.4. The SMILES string of the molecule is CC=C(C)SCc1nc(-c2ccc(C(=O)OC)cc2)oc1C. The Morgan fingerprint density at radius 2 is 2.05 bits per heavy atom. The first kappa shape index (κ1) is 16.4. The van der Waals surface area contributed by atoms with Gasteiger partial charge in [0.15, 0.2) is 0 Å². The Morgan fingerprint density at radius 1 is 1.36 bits per heavy atom. The number of thioether (sulfide) groups is 1. The number of hydrogen-bond acceptors (Lipinski definition) is 5. The zero-order valence-corrected chi connectivity index (χ0v) is 14.0. The fraction of sp³-hybridized carbons (Fsp3) is 0.294. The van der Waals surface area contributed by atoms with Gasteiger partial charge in [-0.05, 0) is 49.9 Å². The first-order valence-corrected chi connectivity index (χ1v) is 7.94. The van der Waals surface area contributed by atoms with Crippen LogP contribution in [0.5, 0.6) is 0 Å². The lowest BCUT2D eigenvalue weighted by molar-refractivity contribution is 0.0600. The Balaban J connectivity index is 2.17. The summed E-state index contributed by atoms with van der Waals surface area (Å²) in [4.78, 5) is 17.2. The van der Waals surface area contributed by atoms with E-state index in [1.54, 1.807) is 23.9 Å². The van der Waals surface area contributed by atoms with Crippen LogP contribution < -0.4 is 0 Å². The molecule has 0 unspecified atom stereocenters. The number of nitrogens with zero attached hydrogens (tertiary/aromatic N) is 1. The van der Waals surface area contributed by atoms with Crippen LogP contribution in [0.4, 0.5) is 0 Å². The minimum Gasteiger partial charge on any atom is -0.465 e. The Morgan fingerprint density at radius 3 is 2.64 bits per heavy atom. The fourth-order valence-electron chi connectivity index (χ4n) is 1.82. The topological polar surface area (TPSA) is 52.3 Å². The number of ether oxygens (including phenoxy) is 1. The maximum absolute atomic E-state index is 11.4. The molecule has 0 atom stereocenters. The second-order valence-corrected chi connectivity index (χ2v) is 6.00. The smallest absolute Gasteiger partial charge is 0.337 e. The van der Waals surface area contributed by atoms with Crippen molar-refractivity contribution in [2.45, 2.75) is 26.5 Å². The largest absolute Gasteiger partial charge is 0.465 e. The average molecular weight is 317 g/mol. The van der Waals surface area contributed by atoms with E-state index in [1.165, 1.54) is 12.0 Å². The normalized spacial score (nSPS) is 11.5. The first-order chi connectivity index (χ1) is 10.5. The molecule has 0 spiro atoms. The molecule has 0 saturated carbocycles. The number of benzene rings is 1. The van der Waals surface area contributed by atoms with Crippen LogP contribution in [0.25, 0.3) is 11.5 Å². The van der Waals surface area contributed by atoms with Crippen molar-refractivity contribution in [3.63, 3.8) is 0 Å². The summed E-state index contributed by atoms with van der Waals surface area (Å²) in [5, 5.41) is 0. The van der Waals surface area contributed by atoms with Gasteiger partial charge in [-0.15, -0.1) is 11.8 Å². The lowest BCUT2D eigenvalue weighted by Gasteiger charge is -1.99. The molecular formula is C17H19NO3S. The Hall–Kier alpha value is -2.01. The number of carbonyl (C=O) groups is 1. The van der Waals surface area contributed by atoms with Gasteiger partial charge in [-0.3, -0.25) is 0 Å². The van der Waals surface area contributed by atoms with Gasteiger partial charge in [-0.25, -0.2) is 9.78 Å². The zero-order valence-electron chi connectivity index (χ0n) is 13.2. The van der Waals surface area contributed by atoms with E-state index in [9.17, 15) is 4.79 Å². The molecule has 0 amide bonds. The quantitative estimate of drug-likeness (QED) is 0.755. The molecule has 0 fully saturated rings. The number of hydrogen-bond donors (Lipinski definition) is 0. The molecule has 1 aromatic carbocycles. The van der Waals surface area contributed by atoms with Crippen molar-refractivity contribution in [1.82, 2.24) is 4.98 Å². The number of aryl methyl sites for hydroxylation is 1. The van der Waals surface area contributed by atoms with Gasteiger partial charge in [0, 0.05) is 11.3 Å². The van der Waals surface area contributed by atoms with Crippen molar-refractivity contribution in [3.05, 3.63) is 52.3 Å². The van der Waals surface area contributed by atoms with Crippen LogP contribution in [-0.2, 0) is 10.5 Å².